The summed E-state index contributed by atoms with van der Waals surface area (Å²) in [5.41, 5.74) is 2.39. The smallest absolute Gasteiger partial charge is 0.251 e. The minimum absolute atomic E-state index is 0.184. The molecule has 23 heavy (non-hydrogen) atoms. The maximum absolute atomic E-state index is 12.4. The van der Waals surface area contributed by atoms with Crippen molar-refractivity contribution in [1.29, 1.82) is 0 Å². The van der Waals surface area contributed by atoms with Crippen LogP contribution < -0.4 is 10.6 Å². The maximum atomic E-state index is 12.4. The van der Waals surface area contributed by atoms with Gasteiger partial charge in [-0.15, -0.1) is 0 Å². The molecule has 1 fully saturated rings. The topological polar surface area (TPSA) is 81.6 Å². The average molecular weight is 312 g/mol. The number of amides is 1. The lowest BCUT2D eigenvalue weighted by Gasteiger charge is -2.29. The van der Waals surface area contributed by atoms with E-state index >= 15 is 0 Å². The van der Waals surface area contributed by atoms with Gasteiger partial charge in [-0.05, 0) is 48.4 Å². The highest BCUT2D eigenvalue weighted by Crippen LogP contribution is 2.23. The second kappa shape index (κ2) is 6.81. The van der Waals surface area contributed by atoms with Crippen molar-refractivity contribution >= 4 is 5.91 Å². The highest BCUT2D eigenvalue weighted by Gasteiger charge is 2.24. The molecule has 5 nitrogen and oxygen atoms in total. The molecular formula is C18H20N2O3. The Labute approximate surface area is 135 Å². The summed E-state index contributed by atoms with van der Waals surface area (Å²) < 4.78 is 0. The Morgan fingerprint density at radius 3 is 2.65 bits per heavy atom. The van der Waals surface area contributed by atoms with E-state index in [9.17, 15) is 15.0 Å². The molecule has 1 heterocycles. The van der Waals surface area contributed by atoms with Crippen molar-refractivity contribution in [3.63, 3.8) is 0 Å². The lowest BCUT2D eigenvalue weighted by atomic mass is 10.0. The van der Waals surface area contributed by atoms with Crippen molar-refractivity contribution in [2.45, 2.75) is 18.6 Å². The molecule has 5 heteroatoms. The van der Waals surface area contributed by atoms with Crippen LogP contribution in [0.3, 0.4) is 0 Å². The van der Waals surface area contributed by atoms with Crippen molar-refractivity contribution in [3.8, 4) is 16.9 Å². The van der Waals surface area contributed by atoms with E-state index in [-0.39, 0.29) is 17.7 Å². The van der Waals surface area contributed by atoms with E-state index < -0.39 is 6.10 Å². The fraction of sp³-hybridized carbons (Fsp3) is 0.278. The first-order chi connectivity index (χ1) is 11.1. The number of phenolic OH excluding ortho intramolecular Hbond substituents is 1. The number of nitrogens with one attached hydrogen (secondary N) is 2. The number of hydrogen-bond acceptors (Lipinski definition) is 4. The third-order valence-electron chi connectivity index (χ3n) is 4.09. The third kappa shape index (κ3) is 3.70. The molecule has 3 rings (SSSR count). The van der Waals surface area contributed by atoms with Crippen LogP contribution in [0, 0.1) is 0 Å². The zero-order valence-corrected chi connectivity index (χ0v) is 12.7. The van der Waals surface area contributed by atoms with Gasteiger partial charge in [0.05, 0.1) is 12.1 Å². The predicted octanol–water partition coefficient (Wildman–Crippen LogP) is 1.51. The first-order valence-corrected chi connectivity index (χ1v) is 7.72. The average Bonchev–Trinajstić information content (AvgIpc) is 2.58. The lowest BCUT2D eigenvalue weighted by molar-refractivity contribution is 0.0765. The van der Waals surface area contributed by atoms with Crippen molar-refractivity contribution in [3.05, 3.63) is 54.1 Å². The van der Waals surface area contributed by atoms with Crippen molar-refractivity contribution < 1.29 is 15.0 Å². The van der Waals surface area contributed by atoms with Crippen LogP contribution in [0.2, 0.25) is 0 Å². The van der Waals surface area contributed by atoms with Gasteiger partial charge in [-0.3, -0.25) is 4.79 Å². The number of hydrogen-bond donors (Lipinski definition) is 4. The molecule has 2 atom stereocenters. The molecule has 1 aliphatic heterocycles. The zero-order valence-electron chi connectivity index (χ0n) is 12.7. The highest BCUT2D eigenvalue weighted by atomic mass is 16.3. The Morgan fingerprint density at radius 1 is 1.13 bits per heavy atom. The number of aromatic hydroxyl groups is 1. The molecule has 0 bridgehead atoms. The molecule has 0 radical (unpaired) electrons. The molecule has 4 N–H and O–H groups in total. The minimum Gasteiger partial charge on any atom is -0.508 e. The van der Waals surface area contributed by atoms with Crippen molar-refractivity contribution in [1.82, 2.24) is 10.6 Å². The van der Waals surface area contributed by atoms with Crippen LogP contribution in [0.25, 0.3) is 11.1 Å². The Morgan fingerprint density at radius 2 is 1.91 bits per heavy atom. The van der Waals surface area contributed by atoms with Gasteiger partial charge >= 0.3 is 0 Å². The van der Waals surface area contributed by atoms with E-state index in [4.69, 9.17) is 0 Å². The van der Waals surface area contributed by atoms with Gasteiger partial charge in [0, 0.05) is 12.1 Å². The summed E-state index contributed by atoms with van der Waals surface area (Å²) in [7, 11) is 0. The first kappa shape index (κ1) is 15.5. The highest BCUT2D eigenvalue weighted by molar-refractivity contribution is 5.95. The number of aliphatic hydroxyl groups excluding tert-OH is 1. The summed E-state index contributed by atoms with van der Waals surface area (Å²) in [6.45, 7) is 1.29. The molecule has 120 valence electrons. The Kier molecular flexibility index (Phi) is 4.60. The Hall–Kier alpha value is -2.37. The molecule has 0 aromatic heterocycles. The van der Waals surface area contributed by atoms with E-state index in [0.29, 0.717) is 18.5 Å². The van der Waals surface area contributed by atoms with Gasteiger partial charge in [-0.2, -0.15) is 0 Å². The molecule has 0 aliphatic carbocycles. The van der Waals surface area contributed by atoms with E-state index in [2.05, 4.69) is 10.6 Å². The fourth-order valence-electron chi connectivity index (χ4n) is 2.76. The van der Waals surface area contributed by atoms with Crippen LogP contribution in [0.1, 0.15) is 16.8 Å². The molecule has 2 aromatic carbocycles. The number of carbonyl (C=O) groups is 1. The standard InChI is InChI=1S/C18H20N2O3/c21-15-6-4-12(5-7-15)13-2-1-3-14(10-13)18(23)20-16-8-9-19-11-17(16)22/h1-7,10,16-17,19,21-22H,8-9,11H2,(H,20,23)/t16-,17-/m1/s1. The number of benzene rings is 2. The normalized spacial score (nSPS) is 20.9. The summed E-state index contributed by atoms with van der Waals surface area (Å²) in [6, 6.07) is 14.0. The van der Waals surface area contributed by atoms with Crippen LogP contribution in [0.5, 0.6) is 5.75 Å². The van der Waals surface area contributed by atoms with Crippen molar-refractivity contribution in [2.75, 3.05) is 13.1 Å². The van der Waals surface area contributed by atoms with Gasteiger partial charge in [0.15, 0.2) is 0 Å². The molecular weight excluding hydrogens is 292 g/mol. The number of phenols is 1. The van der Waals surface area contributed by atoms with Gasteiger partial charge < -0.3 is 20.8 Å². The third-order valence-corrected chi connectivity index (χ3v) is 4.09. The zero-order chi connectivity index (χ0) is 16.2. The van der Waals surface area contributed by atoms with Crippen LogP contribution in [-0.4, -0.2) is 41.4 Å². The van der Waals surface area contributed by atoms with Crippen LogP contribution >= 0.6 is 0 Å². The quantitative estimate of drug-likeness (QED) is 0.692. The summed E-state index contributed by atoms with van der Waals surface area (Å²) in [5, 5.41) is 25.3. The second-order valence-electron chi connectivity index (χ2n) is 5.77. The summed E-state index contributed by atoms with van der Waals surface area (Å²) in [5.74, 6) is 0.0270. The summed E-state index contributed by atoms with van der Waals surface area (Å²) in [6.07, 6.45) is 0.151. The van der Waals surface area contributed by atoms with Crippen LogP contribution in [-0.2, 0) is 0 Å². The number of piperidine rings is 1. The predicted molar refractivity (Wildman–Crippen MR) is 88.3 cm³/mol. The monoisotopic (exact) mass is 312 g/mol. The minimum atomic E-state index is -0.562. The summed E-state index contributed by atoms with van der Waals surface area (Å²) >= 11 is 0. The Bertz CT molecular complexity index is 685. The molecule has 0 spiro atoms. The van der Waals surface area contributed by atoms with Gasteiger partial charge in [-0.25, -0.2) is 0 Å². The molecule has 1 amide bonds. The second-order valence-corrected chi connectivity index (χ2v) is 5.77. The van der Waals surface area contributed by atoms with Gasteiger partial charge in [0.2, 0.25) is 0 Å². The molecule has 1 saturated heterocycles. The number of aliphatic hydroxyl groups is 1. The lowest BCUT2D eigenvalue weighted by Crippen LogP contribution is -2.52. The number of rotatable bonds is 3. The molecule has 0 saturated carbocycles. The van der Waals surface area contributed by atoms with E-state index in [1.165, 1.54) is 0 Å². The van der Waals surface area contributed by atoms with Crippen LogP contribution in [0.4, 0.5) is 0 Å². The molecule has 1 aliphatic rings. The number of β-amino-alcohol motifs (C(OH)–C–C–N with tert-alkyl or cyclic N) is 1. The van der Waals surface area contributed by atoms with Crippen LogP contribution in [0.15, 0.2) is 48.5 Å². The molecule has 2 aromatic rings. The van der Waals surface area contributed by atoms with Gasteiger partial charge in [0.1, 0.15) is 5.75 Å². The fourth-order valence-corrected chi connectivity index (χ4v) is 2.76. The summed E-state index contributed by atoms with van der Waals surface area (Å²) in [4.78, 5) is 12.4. The largest absolute Gasteiger partial charge is 0.508 e. The van der Waals surface area contributed by atoms with Crippen molar-refractivity contribution in [2.24, 2.45) is 0 Å². The van der Waals surface area contributed by atoms with Gasteiger partial charge in [0.25, 0.3) is 5.91 Å². The first-order valence-electron chi connectivity index (χ1n) is 7.72. The molecule has 0 unspecified atom stereocenters. The maximum Gasteiger partial charge on any atom is 0.251 e. The SMILES string of the molecule is O=C(N[C@@H]1CCNC[C@H]1O)c1cccc(-c2ccc(O)cc2)c1. The van der Waals surface area contributed by atoms with E-state index in [1.54, 1.807) is 18.2 Å². The van der Waals surface area contributed by atoms with E-state index in [0.717, 1.165) is 17.7 Å². The van der Waals surface area contributed by atoms with E-state index in [1.807, 2.05) is 30.3 Å². The Balaban J connectivity index is 1.76. The van der Waals surface area contributed by atoms with Gasteiger partial charge in [-0.1, -0.05) is 24.3 Å². The number of carbonyl (C=O) groups excluding carboxylic acids is 1.